The van der Waals surface area contributed by atoms with Crippen molar-refractivity contribution in [1.29, 1.82) is 0 Å². The van der Waals surface area contributed by atoms with Crippen LogP contribution in [0.3, 0.4) is 0 Å². The van der Waals surface area contributed by atoms with Crippen LogP contribution in [0.25, 0.3) is 0 Å². The van der Waals surface area contributed by atoms with Gasteiger partial charge in [0.25, 0.3) is 0 Å². The molecular weight excluding hydrogens is 162 g/mol. The monoisotopic (exact) mass is 181 g/mol. The van der Waals surface area contributed by atoms with E-state index in [1.165, 1.54) is 38.5 Å². The molecule has 0 heterocycles. The molecule has 1 amide bonds. The summed E-state index contributed by atoms with van der Waals surface area (Å²) in [5.74, 6) is 0.147. The zero-order valence-electron chi connectivity index (χ0n) is 8.65. The third-order valence-corrected chi connectivity index (χ3v) is 4.17. The second-order valence-corrected chi connectivity index (χ2v) is 4.99. The molecule has 0 aromatic carbocycles. The highest BCUT2D eigenvalue weighted by molar-refractivity contribution is 5.74. The number of amides is 1. The van der Waals surface area contributed by atoms with Gasteiger partial charge < -0.3 is 5.32 Å². The summed E-state index contributed by atoms with van der Waals surface area (Å²) in [5, 5.41) is 3.17. The lowest BCUT2D eigenvalue weighted by Crippen LogP contribution is -2.43. The SMILES string of the molecule is CCC12CCC(NC(C)=O)(CC1)C2. The van der Waals surface area contributed by atoms with Gasteiger partial charge in [0.1, 0.15) is 0 Å². The average Bonchev–Trinajstić information content (AvgIpc) is 2.59. The van der Waals surface area contributed by atoms with Gasteiger partial charge in [0.2, 0.25) is 5.91 Å². The Morgan fingerprint density at radius 2 is 1.92 bits per heavy atom. The molecule has 0 aromatic rings. The molecule has 2 rings (SSSR count). The van der Waals surface area contributed by atoms with Crippen LogP contribution in [-0.4, -0.2) is 11.4 Å². The molecule has 0 atom stereocenters. The number of fused-ring (bicyclic) bond motifs is 2. The van der Waals surface area contributed by atoms with E-state index in [0.717, 1.165) is 0 Å². The summed E-state index contributed by atoms with van der Waals surface area (Å²) in [6, 6.07) is 0. The summed E-state index contributed by atoms with van der Waals surface area (Å²) in [6.07, 6.45) is 7.58. The van der Waals surface area contributed by atoms with Gasteiger partial charge in [0.15, 0.2) is 0 Å². The van der Waals surface area contributed by atoms with Crippen molar-refractivity contribution in [2.75, 3.05) is 0 Å². The van der Waals surface area contributed by atoms with E-state index in [9.17, 15) is 4.79 Å². The first-order valence-corrected chi connectivity index (χ1v) is 5.39. The van der Waals surface area contributed by atoms with Gasteiger partial charge in [-0.3, -0.25) is 4.79 Å². The Bertz CT molecular complexity index is 226. The van der Waals surface area contributed by atoms with E-state index in [4.69, 9.17) is 0 Å². The van der Waals surface area contributed by atoms with Crippen molar-refractivity contribution in [3.05, 3.63) is 0 Å². The first-order chi connectivity index (χ1) is 6.10. The van der Waals surface area contributed by atoms with E-state index in [1.807, 2.05) is 0 Å². The van der Waals surface area contributed by atoms with Gasteiger partial charge in [-0.1, -0.05) is 13.3 Å². The van der Waals surface area contributed by atoms with Gasteiger partial charge >= 0.3 is 0 Å². The lowest BCUT2D eigenvalue weighted by molar-refractivity contribution is -0.120. The fourth-order valence-corrected chi connectivity index (χ4v) is 3.35. The van der Waals surface area contributed by atoms with Gasteiger partial charge in [-0.15, -0.1) is 0 Å². The van der Waals surface area contributed by atoms with Crippen molar-refractivity contribution in [3.63, 3.8) is 0 Å². The van der Waals surface area contributed by atoms with Crippen molar-refractivity contribution in [3.8, 4) is 0 Å². The van der Waals surface area contributed by atoms with Gasteiger partial charge in [-0.05, 0) is 37.5 Å². The highest BCUT2D eigenvalue weighted by Crippen LogP contribution is 2.57. The summed E-state index contributed by atoms with van der Waals surface area (Å²) >= 11 is 0. The molecule has 13 heavy (non-hydrogen) atoms. The summed E-state index contributed by atoms with van der Waals surface area (Å²) in [4.78, 5) is 11.1. The summed E-state index contributed by atoms with van der Waals surface area (Å²) in [7, 11) is 0. The molecule has 0 spiro atoms. The minimum atomic E-state index is 0.147. The van der Waals surface area contributed by atoms with Crippen LogP contribution in [0.1, 0.15) is 52.4 Å². The third-order valence-electron chi connectivity index (χ3n) is 4.17. The number of hydrogen-bond acceptors (Lipinski definition) is 1. The maximum atomic E-state index is 11.1. The number of rotatable bonds is 2. The van der Waals surface area contributed by atoms with E-state index in [-0.39, 0.29) is 11.4 Å². The molecule has 1 N–H and O–H groups in total. The van der Waals surface area contributed by atoms with Gasteiger partial charge in [0.05, 0.1) is 0 Å². The fraction of sp³-hybridized carbons (Fsp3) is 0.909. The Kier molecular flexibility index (Phi) is 1.90. The largest absolute Gasteiger partial charge is 0.351 e. The quantitative estimate of drug-likeness (QED) is 0.695. The maximum absolute atomic E-state index is 11.1. The normalized spacial score (nSPS) is 42.3. The van der Waals surface area contributed by atoms with Gasteiger partial charge in [-0.2, -0.15) is 0 Å². The van der Waals surface area contributed by atoms with Crippen LogP contribution in [0.5, 0.6) is 0 Å². The number of nitrogens with one attached hydrogen (secondary N) is 1. The van der Waals surface area contributed by atoms with Crippen LogP contribution in [0.15, 0.2) is 0 Å². The van der Waals surface area contributed by atoms with E-state index < -0.39 is 0 Å². The Hall–Kier alpha value is -0.530. The topological polar surface area (TPSA) is 29.1 Å². The standard InChI is InChI=1S/C11H19NO/c1-3-10-4-6-11(8-10,7-5-10)12-9(2)13/h3-8H2,1-2H3,(H,12,13). The van der Waals surface area contributed by atoms with Gasteiger partial charge in [0, 0.05) is 12.5 Å². The fourth-order valence-electron chi connectivity index (χ4n) is 3.35. The Balaban J connectivity index is 2.09. The van der Waals surface area contributed by atoms with Crippen molar-refractivity contribution in [2.24, 2.45) is 5.41 Å². The zero-order chi connectivity index (χ0) is 9.53. The van der Waals surface area contributed by atoms with Crippen LogP contribution in [0.2, 0.25) is 0 Å². The molecule has 2 nitrogen and oxygen atoms in total. The van der Waals surface area contributed by atoms with E-state index in [0.29, 0.717) is 5.41 Å². The van der Waals surface area contributed by atoms with Gasteiger partial charge in [-0.25, -0.2) is 0 Å². The van der Waals surface area contributed by atoms with Crippen molar-refractivity contribution in [1.82, 2.24) is 5.32 Å². The molecule has 2 fully saturated rings. The molecule has 2 aliphatic carbocycles. The molecule has 0 unspecified atom stereocenters. The van der Waals surface area contributed by atoms with Crippen molar-refractivity contribution in [2.45, 2.75) is 57.9 Å². The molecule has 2 heteroatoms. The highest BCUT2D eigenvalue weighted by Gasteiger charge is 2.53. The predicted molar refractivity (Wildman–Crippen MR) is 52.4 cm³/mol. The second kappa shape index (κ2) is 2.73. The smallest absolute Gasteiger partial charge is 0.217 e. The predicted octanol–water partition coefficient (Wildman–Crippen LogP) is 2.24. The molecule has 2 saturated carbocycles. The molecular formula is C11H19NO. The molecule has 0 aromatic heterocycles. The lowest BCUT2D eigenvalue weighted by Gasteiger charge is -2.27. The molecule has 74 valence electrons. The first kappa shape index (κ1) is 9.04. The van der Waals surface area contributed by atoms with E-state index in [2.05, 4.69) is 12.2 Å². The molecule has 0 saturated heterocycles. The zero-order valence-corrected chi connectivity index (χ0v) is 8.65. The van der Waals surface area contributed by atoms with E-state index in [1.54, 1.807) is 6.92 Å². The molecule has 2 aliphatic rings. The highest BCUT2D eigenvalue weighted by atomic mass is 16.1. The Morgan fingerprint density at radius 1 is 1.31 bits per heavy atom. The van der Waals surface area contributed by atoms with E-state index >= 15 is 0 Å². The van der Waals surface area contributed by atoms with Crippen LogP contribution in [0.4, 0.5) is 0 Å². The van der Waals surface area contributed by atoms with Crippen LogP contribution < -0.4 is 5.32 Å². The number of hydrogen-bond donors (Lipinski definition) is 1. The number of carbonyl (C=O) groups excluding carboxylic acids is 1. The van der Waals surface area contributed by atoms with Crippen molar-refractivity contribution < 1.29 is 4.79 Å². The van der Waals surface area contributed by atoms with Crippen molar-refractivity contribution >= 4 is 5.91 Å². The molecule has 0 radical (unpaired) electrons. The van der Waals surface area contributed by atoms with Crippen LogP contribution >= 0.6 is 0 Å². The average molecular weight is 181 g/mol. The third kappa shape index (κ3) is 1.36. The number of carbonyl (C=O) groups is 1. The van der Waals surface area contributed by atoms with Crippen LogP contribution in [-0.2, 0) is 4.79 Å². The Morgan fingerprint density at radius 3 is 2.31 bits per heavy atom. The summed E-state index contributed by atoms with van der Waals surface area (Å²) in [5.41, 5.74) is 0.782. The lowest BCUT2D eigenvalue weighted by atomic mass is 9.82. The summed E-state index contributed by atoms with van der Waals surface area (Å²) in [6.45, 7) is 3.92. The molecule has 0 aliphatic heterocycles. The summed E-state index contributed by atoms with van der Waals surface area (Å²) < 4.78 is 0. The minimum absolute atomic E-state index is 0.147. The van der Waals surface area contributed by atoms with Crippen LogP contribution in [0, 0.1) is 5.41 Å². The molecule has 2 bridgehead atoms. The first-order valence-electron chi connectivity index (χ1n) is 5.39. The minimum Gasteiger partial charge on any atom is -0.351 e. The Labute approximate surface area is 80.1 Å². The second-order valence-electron chi connectivity index (χ2n) is 4.99. The maximum Gasteiger partial charge on any atom is 0.217 e.